The Balaban J connectivity index is 0.000000453. The maximum atomic E-state index is 10.2. The number of hydrogen-bond donors (Lipinski definition) is 0. The monoisotopic (exact) mass is 945 g/mol. The predicted molar refractivity (Wildman–Crippen MR) is 271 cm³/mol. The molecule has 0 radical (unpaired) electrons. The van der Waals surface area contributed by atoms with E-state index >= 15 is 0 Å². The van der Waals surface area contributed by atoms with Crippen LogP contribution >= 0.6 is 12.4 Å². The summed E-state index contributed by atoms with van der Waals surface area (Å²) in [7, 11) is 17.3. The van der Waals surface area contributed by atoms with Crippen molar-refractivity contribution in [1.82, 2.24) is 9.80 Å². The van der Waals surface area contributed by atoms with Gasteiger partial charge in [-0.15, -0.1) is 12.4 Å². The van der Waals surface area contributed by atoms with E-state index in [0.717, 1.165) is 98.8 Å². The standard InChI is InChI=1S/2C27H38N2O4.ClH/c2*1-20(2)27(19-28,22-10-12-24(31-5)26(18-22)33-7)14-8-15-29(3)16-13-21-9-11-23(30-4)25(17-21)32-6;/h2*9-12,17-18,20H,8,13-16H2,1-7H3;1H. The quantitative estimate of drug-likeness (QED) is 0.0594. The molecule has 13 heteroatoms. The highest BCUT2D eigenvalue weighted by atomic mass is 35.5. The van der Waals surface area contributed by atoms with Crippen LogP contribution in [-0.4, -0.2) is 107 Å². The van der Waals surface area contributed by atoms with Crippen molar-refractivity contribution in [2.45, 2.75) is 77.0 Å². The topological polar surface area (TPSA) is 128 Å². The van der Waals surface area contributed by atoms with E-state index < -0.39 is 10.8 Å². The van der Waals surface area contributed by atoms with Crippen LogP contribution in [0, 0.1) is 34.5 Å². The minimum absolute atomic E-state index is 0. The van der Waals surface area contributed by atoms with Crippen LogP contribution in [0.2, 0.25) is 0 Å². The molecule has 368 valence electrons. The lowest BCUT2D eigenvalue weighted by atomic mass is 9.69. The fourth-order valence-electron chi connectivity index (χ4n) is 8.45. The first-order chi connectivity index (χ1) is 31.7. The van der Waals surface area contributed by atoms with E-state index in [1.165, 1.54) is 11.1 Å². The van der Waals surface area contributed by atoms with Crippen LogP contribution in [0.5, 0.6) is 46.0 Å². The van der Waals surface area contributed by atoms with E-state index in [2.05, 4.69) is 75.9 Å². The van der Waals surface area contributed by atoms with Gasteiger partial charge >= 0.3 is 0 Å². The van der Waals surface area contributed by atoms with Crippen molar-refractivity contribution >= 4 is 12.4 Å². The minimum atomic E-state index is -0.580. The van der Waals surface area contributed by atoms with Crippen LogP contribution in [0.3, 0.4) is 0 Å². The molecular formula is C54H77ClN4O8. The average Bonchev–Trinajstić information content (AvgIpc) is 3.34. The number of halogens is 1. The van der Waals surface area contributed by atoms with Crippen LogP contribution in [0.1, 0.15) is 75.6 Å². The summed E-state index contributed by atoms with van der Waals surface area (Å²) < 4.78 is 43.2. The van der Waals surface area contributed by atoms with Gasteiger partial charge in [-0.25, -0.2) is 0 Å². The van der Waals surface area contributed by atoms with Crippen LogP contribution < -0.4 is 37.9 Å². The largest absolute Gasteiger partial charge is 0.493 e. The van der Waals surface area contributed by atoms with E-state index in [4.69, 9.17) is 37.9 Å². The van der Waals surface area contributed by atoms with Gasteiger partial charge < -0.3 is 47.7 Å². The summed E-state index contributed by atoms with van der Waals surface area (Å²) in [6.07, 6.45) is 5.22. The first-order valence-corrected chi connectivity index (χ1v) is 22.8. The van der Waals surface area contributed by atoms with Crippen LogP contribution in [0.15, 0.2) is 72.8 Å². The van der Waals surface area contributed by atoms with Gasteiger partial charge in [0.2, 0.25) is 0 Å². The number of benzene rings is 4. The molecule has 0 saturated carbocycles. The molecule has 12 nitrogen and oxygen atoms in total. The summed E-state index contributed by atoms with van der Waals surface area (Å²) >= 11 is 0. The van der Waals surface area contributed by atoms with Gasteiger partial charge in [-0.2, -0.15) is 10.5 Å². The summed E-state index contributed by atoms with van der Waals surface area (Å²) in [6.45, 7) is 12.1. The Morgan fingerprint density at radius 1 is 0.433 bits per heavy atom. The van der Waals surface area contributed by atoms with Crippen molar-refractivity contribution in [1.29, 1.82) is 10.5 Å². The van der Waals surface area contributed by atoms with Gasteiger partial charge in [0, 0.05) is 13.1 Å². The smallest absolute Gasteiger partial charge is 0.161 e. The molecule has 0 saturated heterocycles. The third kappa shape index (κ3) is 15.2. The fraction of sp³-hybridized carbons (Fsp3) is 0.519. The van der Waals surface area contributed by atoms with Crippen molar-refractivity contribution < 1.29 is 37.9 Å². The highest BCUT2D eigenvalue weighted by molar-refractivity contribution is 5.85. The lowest BCUT2D eigenvalue weighted by molar-refractivity contribution is 0.292. The van der Waals surface area contributed by atoms with E-state index in [1.807, 2.05) is 60.7 Å². The average molecular weight is 946 g/mol. The van der Waals surface area contributed by atoms with E-state index in [-0.39, 0.29) is 24.2 Å². The summed E-state index contributed by atoms with van der Waals surface area (Å²) in [5.41, 5.74) is 3.21. The Hall–Kier alpha value is -5.53. The molecule has 2 unspecified atom stereocenters. The van der Waals surface area contributed by atoms with Crippen molar-refractivity contribution in [2.24, 2.45) is 11.8 Å². The van der Waals surface area contributed by atoms with Crippen molar-refractivity contribution in [3.8, 4) is 58.1 Å². The first kappa shape index (κ1) is 57.6. The second-order valence-corrected chi connectivity index (χ2v) is 17.3. The zero-order valence-corrected chi connectivity index (χ0v) is 43.4. The summed E-state index contributed by atoms with van der Waals surface area (Å²) in [6, 6.07) is 29.0. The molecule has 0 aliphatic rings. The number of methoxy groups -OCH3 is 8. The maximum absolute atomic E-state index is 10.2. The lowest BCUT2D eigenvalue weighted by Gasteiger charge is -2.32. The molecular weight excluding hydrogens is 868 g/mol. The van der Waals surface area contributed by atoms with E-state index in [9.17, 15) is 10.5 Å². The molecule has 2 atom stereocenters. The van der Waals surface area contributed by atoms with Gasteiger partial charge in [0.25, 0.3) is 0 Å². The second-order valence-electron chi connectivity index (χ2n) is 17.3. The maximum Gasteiger partial charge on any atom is 0.161 e. The van der Waals surface area contributed by atoms with Crippen molar-refractivity contribution in [3.63, 3.8) is 0 Å². The molecule has 4 aromatic rings. The first-order valence-electron chi connectivity index (χ1n) is 22.8. The van der Waals surface area contributed by atoms with Crippen LogP contribution in [0.25, 0.3) is 0 Å². The minimum Gasteiger partial charge on any atom is -0.493 e. The zero-order valence-electron chi connectivity index (χ0n) is 42.6. The Bertz CT molecular complexity index is 2040. The highest BCUT2D eigenvalue weighted by Gasteiger charge is 2.37. The second kappa shape index (κ2) is 28.6. The Morgan fingerprint density at radius 3 is 0.985 bits per heavy atom. The predicted octanol–water partition coefficient (Wildman–Crippen LogP) is 10.6. The number of ether oxygens (including phenoxy) is 8. The number of likely N-dealkylation sites (N-methyl/N-ethyl adjacent to an activating group) is 2. The van der Waals surface area contributed by atoms with Gasteiger partial charge in [-0.3, -0.25) is 0 Å². The Morgan fingerprint density at radius 2 is 0.716 bits per heavy atom. The summed E-state index contributed by atoms with van der Waals surface area (Å²) in [5, 5.41) is 20.5. The molecule has 0 heterocycles. The number of nitrogens with zero attached hydrogens (tertiary/aromatic N) is 4. The lowest BCUT2D eigenvalue weighted by Crippen LogP contribution is -2.32. The molecule has 67 heavy (non-hydrogen) atoms. The molecule has 0 aliphatic heterocycles. The molecule has 0 fully saturated rings. The third-order valence-corrected chi connectivity index (χ3v) is 12.8. The molecule has 0 amide bonds. The van der Waals surface area contributed by atoms with E-state index in [0.29, 0.717) is 23.0 Å². The van der Waals surface area contributed by atoms with Crippen molar-refractivity contribution in [2.75, 3.05) is 97.2 Å². The zero-order chi connectivity index (χ0) is 48.9. The highest BCUT2D eigenvalue weighted by Crippen LogP contribution is 2.42. The van der Waals surface area contributed by atoms with Gasteiger partial charge in [0.15, 0.2) is 46.0 Å². The SMILES string of the molecule is COc1ccc(CCN(C)CCCC(C#N)(c2ccc(OC)c(OC)c2)C(C)C)cc1OC.COc1ccc(CCN(C)CCCC(C#N)(c2ccc(OC)c(OC)c2)C(C)C)cc1OC.Cl. The number of nitriles is 2. The van der Waals surface area contributed by atoms with Gasteiger partial charge in [-0.05, 0) is 148 Å². The van der Waals surface area contributed by atoms with Gasteiger partial charge in [0.1, 0.15) is 0 Å². The number of hydrogen-bond acceptors (Lipinski definition) is 12. The molecule has 4 aromatic carbocycles. The molecule has 4 rings (SSSR count). The molecule has 0 N–H and O–H groups in total. The van der Waals surface area contributed by atoms with Gasteiger partial charge in [0.05, 0.1) is 79.8 Å². The van der Waals surface area contributed by atoms with Crippen LogP contribution in [-0.2, 0) is 23.7 Å². The molecule has 0 aromatic heterocycles. The summed E-state index contributed by atoms with van der Waals surface area (Å²) in [4.78, 5) is 4.63. The number of rotatable bonds is 26. The normalized spacial score (nSPS) is 12.7. The van der Waals surface area contributed by atoms with Crippen molar-refractivity contribution in [3.05, 3.63) is 95.1 Å². The van der Waals surface area contributed by atoms with E-state index in [1.54, 1.807) is 56.9 Å². The Labute approximate surface area is 408 Å². The molecule has 0 aliphatic carbocycles. The fourth-order valence-corrected chi connectivity index (χ4v) is 8.45. The molecule has 0 spiro atoms. The third-order valence-electron chi connectivity index (χ3n) is 12.8. The van der Waals surface area contributed by atoms with Crippen LogP contribution in [0.4, 0.5) is 0 Å². The Kier molecular flexibility index (Phi) is 24.6. The molecule has 0 bridgehead atoms. The summed E-state index contributed by atoms with van der Waals surface area (Å²) in [5.74, 6) is 5.97. The van der Waals surface area contributed by atoms with Gasteiger partial charge in [-0.1, -0.05) is 52.0 Å².